The second-order valence-corrected chi connectivity index (χ2v) is 7.37. The molecule has 0 amide bonds. The van der Waals surface area contributed by atoms with Crippen LogP contribution in [0.3, 0.4) is 0 Å². The third-order valence-corrected chi connectivity index (χ3v) is 5.33. The molecule has 1 fully saturated rings. The Morgan fingerprint density at radius 3 is 2.47 bits per heavy atom. The maximum absolute atomic E-state index is 13.5. The molecule has 4 aromatic rings. The third kappa shape index (κ3) is 3.18. The molecule has 1 aliphatic heterocycles. The number of aromatic hydroxyl groups is 1. The predicted octanol–water partition coefficient (Wildman–Crippen LogP) is 4.08. The van der Waals surface area contributed by atoms with Crippen LogP contribution in [0.1, 0.15) is 12.8 Å². The summed E-state index contributed by atoms with van der Waals surface area (Å²) in [5.74, 6) is 0.695. The van der Waals surface area contributed by atoms with Gasteiger partial charge in [-0.05, 0) is 55.0 Å². The van der Waals surface area contributed by atoms with Crippen molar-refractivity contribution in [1.82, 2.24) is 14.4 Å². The summed E-state index contributed by atoms with van der Waals surface area (Å²) in [4.78, 5) is 23.4. The van der Waals surface area contributed by atoms with Crippen LogP contribution in [-0.2, 0) is 4.79 Å². The Balaban J connectivity index is 1.75. The lowest BCUT2D eigenvalue weighted by Gasteiger charge is -2.26. The van der Waals surface area contributed by atoms with Gasteiger partial charge in [-0.2, -0.15) is 0 Å². The number of aromatic nitrogens is 3. The molecule has 0 unspecified atom stereocenters. The molecule has 2 aromatic carbocycles. The zero-order valence-electron chi connectivity index (χ0n) is 16.1. The van der Waals surface area contributed by atoms with Crippen molar-refractivity contribution in [3.05, 3.63) is 66.7 Å². The van der Waals surface area contributed by atoms with Crippen molar-refractivity contribution in [1.29, 1.82) is 0 Å². The van der Waals surface area contributed by atoms with Gasteiger partial charge in [0.25, 0.3) is 0 Å². The van der Waals surface area contributed by atoms with Gasteiger partial charge in [0.2, 0.25) is 0 Å². The lowest BCUT2D eigenvalue weighted by atomic mass is 10.0. The minimum Gasteiger partial charge on any atom is -0.508 e. The van der Waals surface area contributed by atoms with Crippen LogP contribution >= 0.6 is 0 Å². The number of phenols is 1. The molecule has 7 heteroatoms. The number of rotatable bonds is 3. The average molecular weight is 402 g/mol. The Morgan fingerprint density at radius 2 is 1.73 bits per heavy atom. The van der Waals surface area contributed by atoms with Gasteiger partial charge in [-0.15, -0.1) is 0 Å². The number of piperidine rings is 1. The summed E-state index contributed by atoms with van der Waals surface area (Å²) in [6.07, 6.45) is 4.90. The first-order valence-corrected chi connectivity index (χ1v) is 9.79. The number of carbonyl (C=O) groups excluding carboxylic acids is 1. The van der Waals surface area contributed by atoms with Crippen molar-refractivity contribution in [2.75, 3.05) is 18.0 Å². The highest BCUT2D eigenvalue weighted by atomic mass is 19.1. The molecular formula is C23H19FN4O2. The normalized spacial score (nSPS) is 14.4. The lowest BCUT2D eigenvalue weighted by molar-refractivity contribution is -0.118. The number of hydrogen-bond donors (Lipinski definition) is 1. The van der Waals surface area contributed by atoms with Crippen molar-refractivity contribution in [2.45, 2.75) is 12.8 Å². The first kappa shape index (κ1) is 18.3. The number of fused-ring (bicyclic) bond motifs is 1. The molecule has 0 saturated carbocycles. The van der Waals surface area contributed by atoms with Gasteiger partial charge in [0, 0.05) is 36.5 Å². The number of ketones is 1. The summed E-state index contributed by atoms with van der Waals surface area (Å²) < 4.78 is 15.5. The Morgan fingerprint density at radius 1 is 1.00 bits per heavy atom. The number of Topliss-reactive ketones (excluding diaryl/α,β-unsaturated/α-hetero) is 1. The van der Waals surface area contributed by atoms with Crippen LogP contribution in [0.15, 0.2) is 60.9 Å². The molecule has 0 aliphatic carbocycles. The molecular weight excluding hydrogens is 383 g/mol. The summed E-state index contributed by atoms with van der Waals surface area (Å²) in [7, 11) is 0. The number of nitrogens with zero attached hydrogens (tertiary/aromatic N) is 4. The van der Waals surface area contributed by atoms with E-state index in [9.17, 15) is 14.3 Å². The maximum atomic E-state index is 13.5. The molecule has 6 nitrogen and oxygen atoms in total. The smallest absolute Gasteiger partial charge is 0.181 e. The van der Waals surface area contributed by atoms with Crippen molar-refractivity contribution in [3.8, 4) is 28.3 Å². The zero-order chi connectivity index (χ0) is 20.7. The molecule has 3 heterocycles. The highest BCUT2D eigenvalue weighted by molar-refractivity contribution is 5.88. The van der Waals surface area contributed by atoms with Crippen LogP contribution in [-0.4, -0.2) is 38.3 Å². The fourth-order valence-corrected chi connectivity index (χ4v) is 3.91. The van der Waals surface area contributed by atoms with E-state index in [2.05, 4.69) is 4.98 Å². The lowest BCUT2D eigenvalue weighted by Crippen LogP contribution is -2.36. The number of imidazole rings is 1. The standard InChI is InChI=1S/C23H19FN4O2/c24-17-7-3-15(4-8-17)20-21(16-5-9-18(29)10-6-16)28-13-11-25-22(23(28)26-20)27-12-1-2-19(30)14-27/h3-11,13,29H,1-2,12,14H2. The molecule has 0 spiro atoms. The van der Waals surface area contributed by atoms with Gasteiger partial charge in [0.1, 0.15) is 11.6 Å². The van der Waals surface area contributed by atoms with Crippen LogP contribution < -0.4 is 4.90 Å². The number of phenolic OH excluding ortho intramolecular Hbond substituents is 1. The van der Waals surface area contributed by atoms with Crippen molar-refractivity contribution >= 4 is 17.2 Å². The Labute approximate surface area is 172 Å². The summed E-state index contributed by atoms with van der Waals surface area (Å²) in [6, 6.07) is 13.1. The molecule has 2 aromatic heterocycles. The van der Waals surface area contributed by atoms with Gasteiger partial charge in [-0.25, -0.2) is 14.4 Å². The van der Waals surface area contributed by atoms with E-state index in [1.165, 1.54) is 12.1 Å². The number of hydrogen-bond acceptors (Lipinski definition) is 5. The second-order valence-electron chi connectivity index (χ2n) is 7.37. The molecule has 30 heavy (non-hydrogen) atoms. The van der Waals surface area contributed by atoms with Crippen LogP contribution in [0.2, 0.25) is 0 Å². The molecule has 1 saturated heterocycles. The van der Waals surface area contributed by atoms with Gasteiger partial charge in [-0.1, -0.05) is 0 Å². The van der Waals surface area contributed by atoms with E-state index in [1.807, 2.05) is 27.6 Å². The van der Waals surface area contributed by atoms with E-state index in [4.69, 9.17) is 4.98 Å². The zero-order valence-corrected chi connectivity index (χ0v) is 16.1. The van der Waals surface area contributed by atoms with Gasteiger partial charge in [0.05, 0.1) is 17.9 Å². The van der Waals surface area contributed by atoms with Gasteiger partial charge in [0.15, 0.2) is 17.2 Å². The first-order chi connectivity index (χ1) is 14.6. The molecule has 150 valence electrons. The fraction of sp³-hybridized carbons (Fsp3) is 0.174. The minimum absolute atomic E-state index is 0.171. The summed E-state index contributed by atoms with van der Waals surface area (Å²) in [5.41, 5.74) is 3.74. The van der Waals surface area contributed by atoms with E-state index >= 15 is 0 Å². The van der Waals surface area contributed by atoms with E-state index < -0.39 is 0 Å². The van der Waals surface area contributed by atoms with E-state index in [0.29, 0.717) is 30.1 Å². The molecule has 0 bridgehead atoms. The number of benzene rings is 2. The summed E-state index contributed by atoms with van der Waals surface area (Å²) in [6.45, 7) is 1.06. The highest BCUT2D eigenvalue weighted by Crippen LogP contribution is 2.35. The van der Waals surface area contributed by atoms with Crippen LogP contribution in [0.5, 0.6) is 5.75 Å². The average Bonchev–Trinajstić information content (AvgIpc) is 3.14. The van der Waals surface area contributed by atoms with Crippen molar-refractivity contribution < 1.29 is 14.3 Å². The molecule has 0 radical (unpaired) electrons. The Hall–Kier alpha value is -3.74. The van der Waals surface area contributed by atoms with Crippen LogP contribution in [0, 0.1) is 5.82 Å². The first-order valence-electron chi connectivity index (χ1n) is 9.79. The molecule has 1 N–H and O–H groups in total. The Kier molecular flexibility index (Phi) is 4.43. The Bertz CT molecular complexity index is 1230. The predicted molar refractivity (Wildman–Crippen MR) is 112 cm³/mol. The van der Waals surface area contributed by atoms with Crippen LogP contribution in [0.25, 0.3) is 28.2 Å². The number of anilines is 1. The van der Waals surface area contributed by atoms with Gasteiger partial charge in [-0.3, -0.25) is 9.20 Å². The number of halogens is 1. The molecule has 0 atom stereocenters. The van der Waals surface area contributed by atoms with E-state index in [1.54, 1.807) is 30.5 Å². The van der Waals surface area contributed by atoms with Crippen molar-refractivity contribution in [3.63, 3.8) is 0 Å². The topological polar surface area (TPSA) is 70.7 Å². The maximum Gasteiger partial charge on any atom is 0.181 e. The van der Waals surface area contributed by atoms with Crippen molar-refractivity contribution in [2.24, 2.45) is 0 Å². The van der Waals surface area contributed by atoms with E-state index in [0.717, 1.165) is 29.8 Å². The largest absolute Gasteiger partial charge is 0.508 e. The quantitative estimate of drug-likeness (QED) is 0.559. The third-order valence-electron chi connectivity index (χ3n) is 5.33. The highest BCUT2D eigenvalue weighted by Gasteiger charge is 2.24. The van der Waals surface area contributed by atoms with Gasteiger partial charge >= 0.3 is 0 Å². The summed E-state index contributed by atoms with van der Waals surface area (Å²) >= 11 is 0. The number of carbonyl (C=O) groups is 1. The summed E-state index contributed by atoms with van der Waals surface area (Å²) in [5, 5.41) is 9.71. The van der Waals surface area contributed by atoms with Gasteiger partial charge < -0.3 is 10.0 Å². The second kappa shape index (κ2) is 7.26. The van der Waals surface area contributed by atoms with E-state index in [-0.39, 0.29) is 17.3 Å². The van der Waals surface area contributed by atoms with Crippen LogP contribution in [0.4, 0.5) is 10.2 Å². The molecule has 5 rings (SSSR count). The molecule has 1 aliphatic rings. The monoisotopic (exact) mass is 402 g/mol. The minimum atomic E-state index is -0.317. The SMILES string of the molecule is O=C1CCCN(c2nccn3c(-c4ccc(O)cc4)c(-c4ccc(F)cc4)nc23)C1. The fourth-order valence-electron chi connectivity index (χ4n) is 3.91.